The van der Waals surface area contributed by atoms with Gasteiger partial charge in [0.2, 0.25) is 0 Å². The second-order valence-electron chi connectivity index (χ2n) is 8.35. The smallest absolute Gasteiger partial charge is 0.127 e. The Kier molecular flexibility index (Phi) is 4.22. The first-order chi connectivity index (χ1) is 13.6. The third kappa shape index (κ3) is 3.32. The van der Waals surface area contributed by atoms with E-state index in [0.29, 0.717) is 18.3 Å². The summed E-state index contributed by atoms with van der Waals surface area (Å²) < 4.78 is 17.1. The highest BCUT2D eigenvalue weighted by Crippen LogP contribution is 2.46. The lowest BCUT2D eigenvalue weighted by molar-refractivity contribution is 0.404. The number of halogens is 1. The summed E-state index contributed by atoms with van der Waals surface area (Å²) in [6, 6.07) is 10.00. The molecule has 3 aliphatic rings. The van der Waals surface area contributed by atoms with Gasteiger partial charge in [-0.2, -0.15) is 5.10 Å². The zero-order valence-corrected chi connectivity index (χ0v) is 16.3. The van der Waals surface area contributed by atoms with Gasteiger partial charge in [-0.1, -0.05) is 36.9 Å². The van der Waals surface area contributed by atoms with Gasteiger partial charge in [0.1, 0.15) is 11.9 Å². The molecule has 144 valence electrons. The zero-order valence-electron chi connectivity index (χ0n) is 16.3. The Morgan fingerprint density at radius 3 is 2.61 bits per heavy atom. The fourth-order valence-corrected chi connectivity index (χ4v) is 4.05. The van der Waals surface area contributed by atoms with Gasteiger partial charge in [0.05, 0.1) is 5.69 Å². The molecule has 0 amide bonds. The zero-order chi connectivity index (χ0) is 19.3. The van der Waals surface area contributed by atoms with Gasteiger partial charge in [-0.3, -0.25) is 4.68 Å². The first-order valence-corrected chi connectivity index (χ1v) is 10.3. The topological polar surface area (TPSA) is 29.9 Å². The molecule has 4 heteroatoms. The summed E-state index contributed by atoms with van der Waals surface area (Å²) in [5, 5.41) is 8.10. The minimum absolute atomic E-state index is 0.130. The molecule has 2 saturated carbocycles. The average Bonchev–Trinajstić information content (AvgIpc) is 3.61. The van der Waals surface area contributed by atoms with Crippen LogP contribution in [0.25, 0.3) is 5.70 Å². The van der Waals surface area contributed by atoms with Gasteiger partial charge in [0.25, 0.3) is 0 Å². The summed E-state index contributed by atoms with van der Waals surface area (Å²) in [7, 11) is 0. The molecule has 1 N–H and O–H groups in total. The highest BCUT2D eigenvalue weighted by Gasteiger charge is 2.35. The number of nitrogens with zero attached hydrogens (tertiary/aromatic N) is 2. The van der Waals surface area contributed by atoms with E-state index >= 15 is 4.39 Å². The van der Waals surface area contributed by atoms with Crippen molar-refractivity contribution in [3.8, 4) is 0 Å². The van der Waals surface area contributed by atoms with Crippen molar-refractivity contribution in [2.24, 2.45) is 0 Å². The van der Waals surface area contributed by atoms with E-state index in [1.165, 1.54) is 31.4 Å². The molecule has 1 unspecified atom stereocenters. The molecule has 5 rings (SSSR count). The van der Waals surface area contributed by atoms with Crippen LogP contribution in [0.1, 0.15) is 72.5 Å². The third-order valence-corrected chi connectivity index (χ3v) is 6.01. The molecule has 1 aromatic carbocycles. The van der Waals surface area contributed by atoms with Crippen molar-refractivity contribution in [3.63, 3.8) is 0 Å². The lowest BCUT2D eigenvalue weighted by Gasteiger charge is -2.23. The van der Waals surface area contributed by atoms with Crippen LogP contribution in [0.4, 0.5) is 4.39 Å². The molecule has 28 heavy (non-hydrogen) atoms. The standard InChI is InChI=1S/C24H26FN3/c1-15-5-3-4-6-20(15)16(2)26-19-11-12-23(21(25)13-19)28-24(18-9-10-18)14-22(27-28)17-7-8-17/h3-6,11,13-14,17-18,23,26H,2,7-10,12H2,1H3. The third-order valence-electron chi connectivity index (χ3n) is 6.01. The Bertz CT molecular complexity index is 989. The summed E-state index contributed by atoms with van der Waals surface area (Å²) in [4.78, 5) is 0. The Hall–Kier alpha value is -2.62. The van der Waals surface area contributed by atoms with E-state index < -0.39 is 0 Å². The van der Waals surface area contributed by atoms with Crippen molar-refractivity contribution in [2.75, 3.05) is 0 Å². The molecule has 0 radical (unpaired) electrons. The summed E-state index contributed by atoms with van der Waals surface area (Å²) >= 11 is 0. The van der Waals surface area contributed by atoms with Gasteiger partial charge >= 0.3 is 0 Å². The summed E-state index contributed by atoms with van der Waals surface area (Å²) in [6.07, 6.45) is 9.12. The van der Waals surface area contributed by atoms with E-state index in [4.69, 9.17) is 5.10 Å². The number of hydrogen-bond donors (Lipinski definition) is 1. The van der Waals surface area contributed by atoms with Gasteiger partial charge in [-0.05, 0) is 56.7 Å². The van der Waals surface area contributed by atoms with Crippen LogP contribution >= 0.6 is 0 Å². The summed E-state index contributed by atoms with van der Waals surface area (Å²) in [5.74, 6) is 1.03. The number of allylic oxidation sites excluding steroid dienone is 3. The second kappa shape index (κ2) is 6.77. The monoisotopic (exact) mass is 375 g/mol. The number of aromatic nitrogens is 2. The van der Waals surface area contributed by atoms with Crippen LogP contribution in [-0.4, -0.2) is 9.78 Å². The number of aryl methyl sites for hydroxylation is 1. The lowest BCUT2D eigenvalue weighted by atomic mass is 10.0. The Labute approximate surface area is 165 Å². The Morgan fingerprint density at radius 1 is 1.18 bits per heavy atom. The molecular formula is C24H26FN3. The van der Waals surface area contributed by atoms with E-state index in [-0.39, 0.29) is 11.9 Å². The molecule has 1 heterocycles. The molecule has 1 atom stereocenters. The molecule has 0 aliphatic heterocycles. The maximum absolute atomic E-state index is 15.1. The van der Waals surface area contributed by atoms with Crippen molar-refractivity contribution in [2.45, 2.75) is 56.9 Å². The molecular weight excluding hydrogens is 349 g/mol. The van der Waals surface area contributed by atoms with Crippen molar-refractivity contribution >= 4 is 5.70 Å². The number of benzene rings is 1. The molecule has 2 fully saturated rings. The highest BCUT2D eigenvalue weighted by molar-refractivity contribution is 5.66. The van der Waals surface area contributed by atoms with Crippen molar-refractivity contribution in [1.82, 2.24) is 15.1 Å². The fraction of sp³-hybridized carbons (Fsp3) is 0.375. The molecule has 0 saturated heterocycles. The maximum Gasteiger partial charge on any atom is 0.127 e. The van der Waals surface area contributed by atoms with Crippen molar-refractivity contribution in [3.05, 3.63) is 83.1 Å². The van der Waals surface area contributed by atoms with Crippen LogP contribution < -0.4 is 5.32 Å². The van der Waals surface area contributed by atoms with Crippen molar-refractivity contribution in [1.29, 1.82) is 0 Å². The second-order valence-corrected chi connectivity index (χ2v) is 8.35. The van der Waals surface area contributed by atoms with Gasteiger partial charge in [0.15, 0.2) is 0 Å². The highest BCUT2D eigenvalue weighted by atomic mass is 19.1. The van der Waals surface area contributed by atoms with E-state index in [9.17, 15) is 0 Å². The lowest BCUT2D eigenvalue weighted by Crippen LogP contribution is -2.19. The van der Waals surface area contributed by atoms with E-state index in [2.05, 4.69) is 37.0 Å². The Morgan fingerprint density at radius 2 is 1.93 bits per heavy atom. The predicted octanol–water partition coefficient (Wildman–Crippen LogP) is 5.89. The fourth-order valence-electron chi connectivity index (χ4n) is 4.05. The molecule has 3 aliphatic carbocycles. The molecule has 0 bridgehead atoms. The van der Waals surface area contributed by atoms with Crippen LogP contribution in [0.3, 0.4) is 0 Å². The van der Waals surface area contributed by atoms with Crippen LogP contribution in [0, 0.1) is 6.92 Å². The van der Waals surface area contributed by atoms with Gasteiger partial charge in [-0.25, -0.2) is 4.39 Å². The van der Waals surface area contributed by atoms with Gasteiger partial charge < -0.3 is 5.32 Å². The van der Waals surface area contributed by atoms with Crippen LogP contribution in [0.5, 0.6) is 0 Å². The minimum Gasteiger partial charge on any atom is -0.356 e. The Balaban J connectivity index is 1.35. The van der Waals surface area contributed by atoms with Crippen LogP contribution in [0.15, 0.2) is 60.6 Å². The molecule has 0 spiro atoms. The first-order valence-electron chi connectivity index (χ1n) is 10.3. The number of nitrogens with one attached hydrogen (secondary N) is 1. The largest absolute Gasteiger partial charge is 0.356 e. The normalized spacial score (nSPS) is 21.9. The quantitative estimate of drug-likeness (QED) is 0.682. The predicted molar refractivity (Wildman–Crippen MR) is 110 cm³/mol. The summed E-state index contributed by atoms with van der Waals surface area (Å²) in [5.41, 5.74) is 6.15. The van der Waals surface area contributed by atoms with Crippen LogP contribution in [-0.2, 0) is 0 Å². The van der Waals surface area contributed by atoms with E-state index in [0.717, 1.165) is 28.2 Å². The SMILES string of the molecule is C=C(NC1=CCC(n2nc(C3CC3)cc2C2CC2)C(F)=C1)c1ccccc1C. The van der Waals surface area contributed by atoms with E-state index in [1.807, 2.05) is 22.9 Å². The van der Waals surface area contributed by atoms with Crippen LogP contribution in [0.2, 0.25) is 0 Å². The minimum atomic E-state index is -0.319. The van der Waals surface area contributed by atoms with Gasteiger partial charge in [0, 0.05) is 34.5 Å². The number of rotatable bonds is 6. The molecule has 1 aromatic heterocycles. The average molecular weight is 375 g/mol. The van der Waals surface area contributed by atoms with Crippen molar-refractivity contribution < 1.29 is 4.39 Å². The first kappa shape index (κ1) is 17.5. The molecule has 2 aromatic rings. The number of hydrogen-bond acceptors (Lipinski definition) is 2. The molecule has 3 nitrogen and oxygen atoms in total. The van der Waals surface area contributed by atoms with Gasteiger partial charge in [-0.15, -0.1) is 0 Å². The maximum atomic E-state index is 15.1. The summed E-state index contributed by atoms with van der Waals surface area (Å²) in [6.45, 7) is 6.19. The van der Waals surface area contributed by atoms with E-state index in [1.54, 1.807) is 6.08 Å².